The molecule has 1 amide bonds. The van der Waals surface area contributed by atoms with Crippen molar-refractivity contribution in [3.8, 4) is 0 Å². The number of hydrogen-bond donors (Lipinski definition) is 0. The van der Waals surface area contributed by atoms with E-state index in [0.717, 1.165) is 32.7 Å². The minimum absolute atomic E-state index is 0.0739. The van der Waals surface area contributed by atoms with E-state index in [1.165, 1.54) is 4.31 Å². The van der Waals surface area contributed by atoms with Gasteiger partial charge in [0, 0.05) is 49.3 Å². The van der Waals surface area contributed by atoms with Crippen molar-refractivity contribution in [3.63, 3.8) is 0 Å². The monoisotopic (exact) mass is 564 g/mol. The van der Waals surface area contributed by atoms with Crippen LogP contribution in [0.4, 0.5) is 5.13 Å². The van der Waals surface area contributed by atoms with Gasteiger partial charge in [-0.25, -0.2) is 13.4 Å². The molecule has 0 unspecified atom stereocenters. The summed E-state index contributed by atoms with van der Waals surface area (Å²) in [6, 6.07) is 12.4. The average Bonchev–Trinajstić information content (AvgIpc) is 3.27. The van der Waals surface area contributed by atoms with Crippen molar-refractivity contribution in [2.24, 2.45) is 0 Å². The number of rotatable bonds is 8. The fourth-order valence-electron chi connectivity index (χ4n) is 4.01. The van der Waals surface area contributed by atoms with Crippen LogP contribution in [0, 0.1) is 0 Å². The van der Waals surface area contributed by atoms with Crippen LogP contribution in [0.15, 0.2) is 51.8 Å². The molecule has 10 heteroatoms. The third kappa shape index (κ3) is 5.30. The first-order valence-corrected chi connectivity index (χ1v) is 14.6. The van der Waals surface area contributed by atoms with Crippen molar-refractivity contribution in [1.82, 2.24) is 14.2 Å². The van der Waals surface area contributed by atoms with Gasteiger partial charge in [0.05, 0.1) is 15.1 Å². The van der Waals surface area contributed by atoms with Gasteiger partial charge in [-0.15, -0.1) is 0 Å². The van der Waals surface area contributed by atoms with Crippen molar-refractivity contribution in [2.75, 3.05) is 44.2 Å². The first kappa shape index (κ1) is 25.1. The molecule has 0 spiro atoms. The van der Waals surface area contributed by atoms with Crippen LogP contribution in [0.5, 0.6) is 0 Å². The summed E-state index contributed by atoms with van der Waals surface area (Å²) in [6.07, 6.45) is 1.76. The molecule has 4 rings (SSSR count). The summed E-state index contributed by atoms with van der Waals surface area (Å²) in [5.74, 6) is -0.0739. The molecule has 2 aromatic carbocycles. The van der Waals surface area contributed by atoms with Crippen LogP contribution in [-0.2, 0) is 10.0 Å². The summed E-state index contributed by atoms with van der Waals surface area (Å²) < 4.78 is 29.5. The number of aromatic nitrogens is 1. The number of thiazole rings is 1. The van der Waals surface area contributed by atoms with Crippen LogP contribution in [0.25, 0.3) is 10.2 Å². The molecule has 0 aliphatic carbocycles. The zero-order valence-electron chi connectivity index (χ0n) is 19.4. The Hall–Kier alpha value is -2.01. The minimum Gasteiger partial charge on any atom is -0.345 e. The normalized spacial score (nSPS) is 14.8. The lowest BCUT2D eigenvalue weighted by atomic mass is 10.2. The maximum atomic E-state index is 13.0. The van der Waals surface area contributed by atoms with Gasteiger partial charge in [0.1, 0.15) is 0 Å². The van der Waals surface area contributed by atoms with Crippen LogP contribution in [0.3, 0.4) is 0 Å². The number of benzene rings is 2. The van der Waals surface area contributed by atoms with E-state index in [1.807, 2.05) is 30.9 Å². The Morgan fingerprint density at radius 2 is 1.79 bits per heavy atom. The molecule has 3 aromatic rings. The molecule has 1 aliphatic heterocycles. The van der Waals surface area contributed by atoms with E-state index in [4.69, 9.17) is 4.98 Å². The van der Waals surface area contributed by atoms with Gasteiger partial charge >= 0.3 is 0 Å². The topological polar surface area (TPSA) is 73.8 Å². The van der Waals surface area contributed by atoms with Crippen molar-refractivity contribution < 1.29 is 13.2 Å². The second kappa shape index (κ2) is 10.7. The summed E-state index contributed by atoms with van der Waals surface area (Å²) in [5, 5.41) is 0.971. The van der Waals surface area contributed by atoms with Gasteiger partial charge < -0.3 is 9.80 Å². The van der Waals surface area contributed by atoms with E-state index in [-0.39, 0.29) is 10.8 Å². The minimum atomic E-state index is -3.55. The van der Waals surface area contributed by atoms with Gasteiger partial charge in [-0.3, -0.25) is 4.79 Å². The zero-order chi connectivity index (χ0) is 24.3. The molecule has 1 aliphatic rings. The number of anilines is 1. The Bertz CT molecular complexity index is 1250. The van der Waals surface area contributed by atoms with Crippen molar-refractivity contribution in [2.45, 2.75) is 31.6 Å². The molecule has 0 N–H and O–H groups in total. The van der Waals surface area contributed by atoms with Gasteiger partial charge in [0.2, 0.25) is 10.0 Å². The second-order valence-corrected chi connectivity index (χ2v) is 12.1. The fraction of sp³-hybridized carbons (Fsp3) is 0.417. The number of carbonyl (C=O) groups is 1. The highest BCUT2D eigenvalue weighted by atomic mass is 79.9. The SMILES string of the molecule is CCCCN(CC)S(=O)(=O)c1ccc(C(=O)N2CCN(c3nc4ccc(Br)cc4s3)CC2)cc1. The van der Waals surface area contributed by atoms with E-state index in [2.05, 4.69) is 26.9 Å². The molecule has 7 nitrogen and oxygen atoms in total. The van der Waals surface area contributed by atoms with Crippen LogP contribution >= 0.6 is 27.3 Å². The standard InChI is InChI=1S/C24H29BrN4O3S2/c1-3-5-12-29(4-2)34(31,32)20-9-6-18(7-10-20)23(30)27-13-15-28(16-14-27)24-26-21-11-8-19(25)17-22(21)33-24/h6-11,17H,3-5,12-16H2,1-2H3. The molecule has 0 atom stereocenters. The molecular formula is C24H29BrN4O3S2. The fourth-order valence-corrected chi connectivity index (χ4v) is 7.06. The maximum Gasteiger partial charge on any atom is 0.253 e. The molecule has 1 fully saturated rings. The summed E-state index contributed by atoms with van der Waals surface area (Å²) in [5.41, 5.74) is 1.49. The molecule has 182 valence electrons. The van der Waals surface area contributed by atoms with Crippen molar-refractivity contribution in [3.05, 3.63) is 52.5 Å². The largest absolute Gasteiger partial charge is 0.345 e. The third-order valence-electron chi connectivity index (χ3n) is 6.03. The number of fused-ring (bicyclic) bond motifs is 1. The van der Waals surface area contributed by atoms with E-state index in [9.17, 15) is 13.2 Å². The Labute approximate surface area is 213 Å². The number of hydrogen-bond acceptors (Lipinski definition) is 6. The Balaban J connectivity index is 1.40. The van der Waals surface area contributed by atoms with E-state index >= 15 is 0 Å². The molecule has 0 bridgehead atoms. The predicted octanol–water partition coefficient (Wildman–Crippen LogP) is 4.83. The lowest BCUT2D eigenvalue weighted by Gasteiger charge is -2.34. The van der Waals surface area contributed by atoms with Crippen LogP contribution < -0.4 is 4.90 Å². The van der Waals surface area contributed by atoms with Crippen molar-refractivity contribution in [1.29, 1.82) is 0 Å². The van der Waals surface area contributed by atoms with E-state index in [0.29, 0.717) is 44.8 Å². The van der Waals surface area contributed by atoms with Gasteiger partial charge in [-0.2, -0.15) is 4.31 Å². The maximum absolute atomic E-state index is 13.0. The highest BCUT2D eigenvalue weighted by Crippen LogP contribution is 2.31. The first-order chi connectivity index (χ1) is 16.3. The molecule has 1 saturated heterocycles. The average molecular weight is 566 g/mol. The first-order valence-electron chi connectivity index (χ1n) is 11.5. The quantitative estimate of drug-likeness (QED) is 0.391. The van der Waals surface area contributed by atoms with Crippen LogP contribution in [-0.4, -0.2) is 67.8 Å². The highest BCUT2D eigenvalue weighted by Gasteiger charge is 2.26. The van der Waals surface area contributed by atoms with Crippen LogP contribution in [0.2, 0.25) is 0 Å². The number of carbonyl (C=O) groups excluding carboxylic acids is 1. The van der Waals surface area contributed by atoms with Gasteiger partial charge in [0.25, 0.3) is 5.91 Å². The number of piperazine rings is 1. The second-order valence-electron chi connectivity index (χ2n) is 8.26. The predicted molar refractivity (Wildman–Crippen MR) is 141 cm³/mol. The molecule has 1 aromatic heterocycles. The number of unbranched alkanes of at least 4 members (excludes halogenated alkanes) is 1. The molecule has 0 saturated carbocycles. The number of sulfonamides is 1. The smallest absolute Gasteiger partial charge is 0.253 e. The number of halogens is 1. The summed E-state index contributed by atoms with van der Waals surface area (Å²) >= 11 is 5.16. The third-order valence-corrected chi connectivity index (χ3v) is 9.59. The Morgan fingerprint density at radius 1 is 1.09 bits per heavy atom. The molecule has 34 heavy (non-hydrogen) atoms. The zero-order valence-corrected chi connectivity index (χ0v) is 22.6. The lowest BCUT2D eigenvalue weighted by molar-refractivity contribution is 0.0746. The highest BCUT2D eigenvalue weighted by molar-refractivity contribution is 9.10. The summed E-state index contributed by atoms with van der Waals surface area (Å²) in [7, 11) is -3.55. The van der Waals surface area contributed by atoms with Gasteiger partial charge in [-0.1, -0.05) is 47.5 Å². The summed E-state index contributed by atoms with van der Waals surface area (Å²) in [6.45, 7) is 7.44. The Morgan fingerprint density at radius 3 is 2.44 bits per heavy atom. The van der Waals surface area contributed by atoms with Gasteiger partial charge in [-0.05, 0) is 48.9 Å². The van der Waals surface area contributed by atoms with Gasteiger partial charge in [0.15, 0.2) is 5.13 Å². The van der Waals surface area contributed by atoms with Crippen LogP contribution in [0.1, 0.15) is 37.0 Å². The Kier molecular flexibility index (Phi) is 7.91. The lowest BCUT2D eigenvalue weighted by Crippen LogP contribution is -2.48. The molecular weight excluding hydrogens is 536 g/mol. The number of nitrogens with zero attached hydrogens (tertiary/aromatic N) is 4. The van der Waals surface area contributed by atoms with E-state index < -0.39 is 10.0 Å². The summed E-state index contributed by atoms with van der Waals surface area (Å²) in [4.78, 5) is 22.0. The molecule has 2 heterocycles. The van der Waals surface area contributed by atoms with Crippen molar-refractivity contribution >= 4 is 58.5 Å². The van der Waals surface area contributed by atoms with E-state index in [1.54, 1.807) is 35.6 Å². The number of amides is 1. The molecule has 0 radical (unpaired) electrons.